The minimum atomic E-state index is -0.185. The normalized spacial score (nSPS) is 10.0. The van der Waals surface area contributed by atoms with Gasteiger partial charge in [-0.1, -0.05) is 6.07 Å². The van der Waals surface area contributed by atoms with Gasteiger partial charge in [0.25, 0.3) is 0 Å². The van der Waals surface area contributed by atoms with Crippen LogP contribution in [0.1, 0.15) is 6.42 Å². The number of benzene rings is 1. The molecule has 0 fully saturated rings. The van der Waals surface area contributed by atoms with Crippen LogP contribution in [0.4, 0.5) is 10.1 Å². The minimum absolute atomic E-state index is 0.185. The van der Waals surface area contributed by atoms with Crippen molar-refractivity contribution in [2.75, 3.05) is 23.9 Å². The molecule has 0 aliphatic rings. The van der Waals surface area contributed by atoms with Crippen molar-refractivity contribution >= 4 is 17.4 Å². The van der Waals surface area contributed by atoms with Gasteiger partial charge in [0.15, 0.2) is 0 Å². The number of hydrogen-bond acceptors (Lipinski definition) is 2. The number of halogens is 1. The van der Waals surface area contributed by atoms with E-state index in [0.29, 0.717) is 0 Å². The van der Waals surface area contributed by atoms with Gasteiger partial charge in [-0.05, 0) is 36.6 Å². The van der Waals surface area contributed by atoms with Crippen molar-refractivity contribution in [1.29, 1.82) is 0 Å². The highest BCUT2D eigenvalue weighted by atomic mass is 32.2. The summed E-state index contributed by atoms with van der Waals surface area (Å²) in [5, 5.41) is 3.17. The first-order valence-corrected chi connectivity index (χ1v) is 5.70. The summed E-state index contributed by atoms with van der Waals surface area (Å²) >= 11 is 1.83. The van der Waals surface area contributed by atoms with E-state index in [1.165, 1.54) is 12.1 Å². The summed E-state index contributed by atoms with van der Waals surface area (Å²) in [6.45, 7) is 0.907. The monoisotopic (exact) mass is 199 g/mol. The quantitative estimate of drug-likeness (QED) is 0.732. The first-order valence-electron chi connectivity index (χ1n) is 4.31. The maximum absolute atomic E-state index is 12.7. The van der Waals surface area contributed by atoms with Crippen LogP contribution in [-0.2, 0) is 0 Å². The van der Waals surface area contributed by atoms with E-state index in [-0.39, 0.29) is 5.82 Å². The van der Waals surface area contributed by atoms with Crippen molar-refractivity contribution in [2.24, 2.45) is 0 Å². The molecule has 0 heterocycles. The van der Waals surface area contributed by atoms with Crippen LogP contribution in [-0.4, -0.2) is 18.6 Å². The smallest absolute Gasteiger partial charge is 0.125 e. The van der Waals surface area contributed by atoms with E-state index >= 15 is 0 Å². The number of nitrogens with one attached hydrogen (secondary N) is 1. The number of hydrogen-bond donors (Lipinski definition) is 1. The van der Waals surface area contributed by atoms with Crippen LogP contribution in [0.3, 0.4) is 0 Å². The molecule has 1 aromatic carbocycles. The van der Waals surface area contributed by atoms with Gasteiger partial charge in [0.05, 0.1) is 0 Å². The molecule has 0 spiro atoms. The van der Waals surface area contributed by atoms with Gasteiger partial charge >= 0.3 is 0 Å². The van der Waals surface area contributed by atoms with Crippen molar-refractivity contribution in [2.45, 2.75) is 6.42 Å². The average Bonchev–Trinajstić information content (AvgIpc) is 2.13. The third-order valence-electron chi connectivity index (χ3n) is 1.68. The van der Waals surface area contributed by atoms with Gasteiger partial charge in [-0.25, -0.2) is 4.39 Å². The molecular formula is C10H14FNS. The number of thioether (sulfide) groups is 1. The van der Waals surface area contributed by atoms with Crippen LogP contribution < -0.4 is 5.32 Å². The second-order valence-electron chi connectivity index (χ2n) is 2.78. The van der Waals surface area contributed by atoms with Crippen molar-refractivity contribution in [3.05, 3.63) is 30.1 Å². The Kier molecular flexibility index (Phi) is 4.68. The largest absolute Gasteiger partial charge is 0.385 e. The number of rotatable bonds is 5. The van der Waals surface area contributed by atoms with Crippen LogP contribution in [0.15, 0.2) is 24.3 Å². The van der Waals surface area contributed by atoms with Crippen LogP contribution in [0, 0.1) is 5.82 Å². The van der Waals surface area contributed by atoms with Crippen LogP contribution >= 0.6 is 11.8 Å². The highest BCUT2D eigenvalue weighted by Gasteiger charge is 1.92. The van der Waals surface area contributed by atoms with Crippen LogP contribution in [0.2, 0.25) is 0 Å². The standard InChI is InChI=1S/C10H14FNS/c1-13-7-3-6-12-10-5-2-4-9(11)8-10/h2,4-5,8,12H,3,6-7H2,1H3. The lowest BCUT2D eigenvalue weighted by atomic mass is 10.3. The van der Waals surface area contributed by atoms with E-state index in [0.717, 1.165) is 24.4 Å². The van der Waals surface area contributed by atoms with E-state index in [1.54, 1.807) is 6.07 Å². The second-order valence-corrected chi connectivity index (χ2v) is 3.77. The zero-order chi connectivity index (χ0) is 9.52. The van der Waals surface area contributed by atoms with E-state index in [4.69, 9.17) is 0 Å². The van der Waals surface area contributed by atoms with E-state index in [2.05, 4.69) is 11.6 Å². The van der Waals surface area contributed by atoms with Gasteiger partial charge < -0.3 is 5.32 Å². The molecule has 0 radical (unpaired) electrons. The fraction of sp³-hybridized carbons (Fsp3) is 0.400. The highest BCUT2D eigenvalue weighted by molar-refractivity contribution is 7.98. The third-order valence-corrected chi connectivity index (χ3v) is 2.38. The molecule has 0 aliphatic heterocycles. The molecule has 0 saturated heterocycles. The highest BCUT2D eigenvalue weighted by Crippen LogP contribution is 2.08. The average molecular weight is 199 g/mol. The molecule has 3 heteroatoms. The molecule has 0 saturated carbocycles. The Morgan fingerprint density at radius 2 is 2.31 bits per heavy atom. The van der Waals surface area contributed by atoms with Gasteiger partial charge in [0.2, 0.25) is 0 Å². The van der Waals surface area contributed by atoms with Crippen LogP contribution in [0.5, 0.6) is 0 Å². The van der Waals surface area contributed by atoms with Gasteiger partial charge in [-0.15, -0.1) is 0 Å². The Labute approximate surface area is 82.7 Å². The first kappa shape index (κ1) is 10.4. The fourth-order valence-electron chi connectivity index (χ4n) is 1.05. The summed E-state index contributed by atoms with van der Waals surface area (Å²) in [5.74, 6) is 0.956. The summed E-state index contributed by atoms with van der Waals surface area (Å²) in [5.41, 5.74) is 0.862. The predicted molar refractivity (Wildman–Crippen MR) is 57.9 cm³/mol. The van der Waals surface area contributed by atoms with Gasteiger partial charge in [0.1, 0.15) is 5.82 Å². The fourth-order valence-corrected chi connectivity index (χ4v) is 1.48. The van der Waals surface area contributed by atoms with Gasteiger partial charge in [-0.2, -0.15) is 11.8 Å². The Morgan fingerprint density at radius 3 is 3.00 bits per heavy atom. The van der Waals surface area contributed by atoms with Crippen molar-refractivity contribution < 1.29 is 4.39 Å². The zero-order valence-electron chi connectivity index (χ0n) is 7.72. The lowest BCUT2D eigenvalue weighted by Crippen LogP contribution is -2.02. The minimum Gasteiger partial charge on any atom is -0.385 e. The summed E-state index contributed by atoms with van der Waals surface area (Å²) < 4.78 is 12.7. The molecule has 0 amide bonds. The van der Waals surface area contributed by atoms with Gasteiger partial charge in [0, 0.05) is 12.2 Å². The molecule has 13 heavy (non-hydrogen) atoms. The van der Waals surface area contributed by atoms with E-state index in [1.807, 2.05) is 17.8 Å². The Bertz CT molecular complexity index is 252. The Balaban J connectivity index is 2.28. The summed E-state index contributed by atoms with van der Waals surface area (Å²) in [4.78, 5) is 0. The molecule has 1 nitrogen and oxygen atoms in total. The lowest BCUT2D eigenvalue weighted by molar-refractivity contribution is 0.628. The summed E-state index contributed by atoms with van der Waals surface area (Å²) in [7, 11) is 0. The molecule has 0 bridgehead atoms. The molecule has 0 atom stereocenters. The molecule has 0 unspecified atom stereocenters. The molecule has 1 aromatic rings. The third kappa shape index (κ3) is 4.18. The summed E-state index contributed by atoms with van der Waals surface area (Å²) in [6.07, 6.45) is 3.19. The predicted octanol–water partition coefficient (Wildman–Crippen LogP) is 2.99. The number of anilines is 1. The van der Waals surface area contributed by atoms with E-state index < -0.39 is 0 Å². The summed E-state index contributed by atoms with van der Waals surface area (Å²) in [6, 6.07) is 6.56. The zero-order valence-corrected chi connectivity index (χ0v) is 8.53. The SMILES string of the molecule is CSCCCNc1cccc(F)c1. The Morgan fingerprint density at radius 1 is 1.46 bits per heavy atom. The van der Waals surface area contributed by atoms with Crippen molar-refractivity contribution in [3.8, 4) is 0 Å². The van der Waals surface area contributed by atoms with Crippen LogP contribution in [0.25, 0.3) is 0 Å². The molecule has 1 N–H and O–H groups in total. The molecule has 0 aromatic heterocycles. The van der Waals surface area contributed by atoms with Crippen molar-refractivity contribution in [3.63, 3.8) is 0 Å². The molecule has 1 rings (SSSR count). The maximum atomic E-state index is 12.7. The second kappa shape index (κ2) is 5.86. The molecule has 0 aliphatic carbocycles. The molecule has 72 valence electrons. The first-order chi connectivity index (χ1) is 6.33. The van der Waals surface area contributed by atoms with E-state index in [9.17, 15) is 4.39 Å². The maximum Gasteiger partial charge on any atom is 0.125 e. The van der Waals surface area contributed by atoms with Crippen molar-refractivity contribution in [1.82, 2.24) is 0 Å². The molecular weight excluding hydrogens is 185 g/mol. The topological polar surface area (TPSA) is 12.0 Å². The Hall–Kier alpha value is -0.700. The van der Waals surface area contributed by atoms with Gasteiger partial charge in [-0.3, -0.25) is 0 Å². The lowest BCUT2D eigenvalue weighted by Gasteiger charge is -2.04.